The van der Waals surface area contributed by atoms with Gasteiger partial charge in [-0.2, -0.15) is 0 Å². The summed E-state index contributed by atoms with van der Waals surface area (Å²) in [6.07, 6.45) is 2.02. The molecule has 1 N–H and O–H groups in total. The first-order chi connectivity index (χ1) is 9.11. The van der Waals surface area contributed by atoms with Gasteiger partial charge in [-0.15, -0.1) is 0 Å². The number of benzene rings is 1. The molecule has 1 fully saturated rings. The molecule has 1 aliphatic rings. The van der Waals surface area contributed by atoms with Crippen molar-refractivity contribution in [3.63, 3.8) is 0 Å². The predicted molar refractivity (Wildman–Crippen MR) is 78.8 cm³/mol. The fourth-order valence-corrected chi connectivity index (χ4v) is 3.05. The quantitative estimate of drug-likeness (QED) is 0.851. The van der Waals surface area contributed by atoms with Crippen molar-refractivity contribution in [3.8, 4) is 0 Å². The monoisotopic (exact) mass is 272 g/mol. The SMILES string of the molecule is Cn1cccc1[C@@]1(C)OC(=S)N[C@@H]1c1ccccc1. The van der Waals surface area contributed by atoms with Crippen LogP contribution in [0.15, 0.2) is 48.7 Å². The summed E-state index contributed by atoms with van der Waals surface area (Å²) in [6.45, 7) is 2.08. The number of rotatable bonds is 2. The van der Waals surface area contributed by atoms with Gasteiger partial charge in [0.05, 0.1) is 5.69 Å². The maximum Gasteiger partial charge on any atom is 0.258 e. The zero-order chi connectivity index (χ0) is 13.5. The van der Waals surface area contributed by atoms with Gasteiger partial charge in [-0.25, -0.2) is 0 Å². The van der Waals surface area contributed by atoms with Crippen molar-refractivity contribution in [2.75, 3.05) is 0 Å². The highest BCUT2D eigenvalue weighted by atomic mass is 32.1. The van der Waals surface area contributed by atoms with E-state index >= 15 is 0 Å². The Hall–Kier alpha value is -1.81. The highest BCUT2D eigenvalue weighted by Gasteiger charge is 2.47. The van der Waals surface area contributed by atoms with Crippen molar-refractivity contribution in [1.29, 1.82) is 0 Å². The van der Waals surface area contributed by atoms with Crippen molar-refractivity contribution < 1.29 is 4.74 Å². The number of nitrogens with one attached hydrogen (secondary N) is 1. The summed E-state index contributed by atoms with van der Waals surface area (Å²) in [4.78, 5) is 0. The minimum absolute atomic E-state index is 0.0230. The number of nitrogens with zero attached hydrogens (tertiary/aromatic N) is 1. The Bertz CT molecular complexity index is 608. The Morgan fingerprint density at radius 1 is 1.21 bits per heavy atom. The van der Waals surface area contributed by atoms with Crippen molar-refractivity contribution in [2.45, 2.75) is 18.6 Å². The third-order valence-electron chi connectivity index (χ3n) is 3.70. The molecule has 19 heavy (non-hydrogen) atoms. The number of aromatic nitrogens is 1. The molecule has 1 aromatic heterocycles. The lowest BCUT2D eigenvalue weighted by atomic mass is 9.88. The van der Waals surface area contributed by atoms with Crippen LogP contribution in [0.3, 0.4) is 0 Å². The van der Waals surface area contributed by atoms with Crippen molar-refractivity contribution in [2.24, 2.45) is 7.05 Å². The standard InChI is InChI=1S/C15H16N2OS/c1-15(12-9-6-10-17(12)2)13(16-14(19)18-15)11-7-4-3-5-8-11/h3-10,13H,1-2H3,(H,16,19)/t13-,15-/m1/s1. The number of ether oxygens (including phenoxy) is 1. The first kappa shape index (κ1) is 12.2. The van der Waals surface area contributed by atoms with Crippen LogP contribution in [0.25, 0.3) is 0 Å². The van der Waals surface area contributed by atoms with Crippen LogP contribution in [0.2, 0.25) is 0 Å². The van der Waals surface area contributed by atoms with Gasteiger partial charge in [0, 0.05) is 13.2 Å². The summed E-state index contributed by atoms with van der Waals surface area (Å²) in [5.41, 5.74) is 1.79. The number of hydrogen-bond acceptors (Lipinski definition) is 2. The molecular formula is C15H16N2OS. The molecule has 1 aromatic carbocycles. The molecule has 0 amide bonds. The minimum Gasteiger partial charge on any atom is -0.456 e. The second-order valence-electron chi connectivity index (χ2n) is 4.99. The second kappa shape index (κ2) is 4.38. The van der Waals surface area contributed by atoms with Gasteiger partial charge in [-0.3, -0.25) is 0 Å². The zero-order valence-electron chi connectivity index (χ0n) is 11.0. The average Bonchev–Trinajstić information content (AvgIpc) is 2.95. The first-order valence-electron chi connectivity index (χ1n) is 6.27. The van der Waals surface area contributed by atoms with Crippen LogP contribution in [0, 0.1) is 0 Å². The highest BCUT2D eigenvalue weighted by molar-refractivity contribution is 7.80. The normalized spacial score (nSPS) is 26.0. The fourth-order valence-electron chi connectivity index (χ4n) is 2.76. The van der Waals surface area contributed by atoms with E-state index in [2.05, 4.69) is 35.0 Å². The van der Waals surface area contributed by atoms with Crippen molar-refractivity contribution in [1.82, 2.24) is 9.88 Å². The van der Waals surface area contributed by atoms with Crippen molar-refractivity contribution >= 4 is 17.4 Å². The summed E-state index contributed by atoms with van der Waals surface area (Å²) in [5.74, 6) is 0. The van der Waals surface area contributed by atoms with Crippen molar-refractivity contribution in [3.05, 3.63) is 59.9 Å². The van der Waals surface area contributed by atoms with E-state index in [9.17, 15) is 0 Å². The first-order valence-corrected chi connectivity index (χ1v) is 6.68. The molecule has 0 saturated carbocycles. The van der Waals surface area contributed by atoms with E-state index < -0.39 is 5.60 Å². The Labute approximate surface area is 118 Å². The summed E-state index contributed by atoms with van der Waals surface area (Å²) in [7, 11) is 2.02. The van der Waals surface area contributed by atoms with Gasteiger partial charge >= 0.3 is 0 Å². The van der Waals surface area contributed by atoms with Crippen LogP contribution in [0.5, 0.6) is 0 Å². The summed E-state index contributed by atoms with van der Waals surface area (Å²) in [6, 6.07) is 14.4. The molecule has 0 unspecified atom stereocenters. The van der Waals surface area contributed by atoms with Crippen LogP contribution in [0.4, 0.5) is 0 Å². The predicted octanol–water partition coefficient (Wildman–Crippen LogP) is 2.89. The number of thiocarbonyl (C=S) groups is 1. The second-order valence-corrected chi connectivity index (χ2v) is 5.36. The topological polar surface area (TPSA) is 26.2 Å². The van der Waals surface area contributed by atoms with E-state index in [-0.39, 0.29) is 6.04 Å². The lowest BCUT2D eigenvalue weighted by Crippen LogP contribution is -2.32. The molecular weight excluding hydrogens is 256 g/mol. The molecule has 0 radical (unpaired) electrons. The third-order valence-corrected chi connectivity index (χ3v) is 3.90. The lowest BCUT2D eigenvalue weighted by molar-refractivity contribution is 0.0749. The number of hydrogen-bond donors (Lipinski definition) is 1. The smallest absolute Gasteiger partial charge is 0.258 e. The molecule has 0 bridgehead atoms. The molecule has 2 atom stereocenters. The summed E-state index contributed by atoms with van der Waals surface area (Å²) in [5, 5.41) is 3.73. The molecule has 3 rings (SSSR count). The van der Waals surface area contributed by atoms with E-state index in [1.807, 2.05) is 37.5 Å². The van der Waals surface area contributed by atoms with Crippen LogP contribution < -0.4 is 5.32 Å². The van der Waals surface area contributed by atoms with Gasteiger partial charge in [0.15, 0.2) is 5.60 Å². The average molecular weight is 272 g/mol. The molecule has 4 heteroatoms. The molecule has 0 aliphatic carbocycles. The van der Waals surface area contributed by atoms with E-state index in [1.165, 1.54) is 5.56 Å². The molecule has 1 aliphatic heterocycles. The summed E-state index contributed by atoms with van der Waals surface area (Å²) < 4.78 is 8.02. The molecule has 2 heterocycles. The van der Waals surface area contributed by atoms with E-state index in [0.717, 1.165) is 5.69 Å². The Kier molecular flexibility index (Phi) is 2.82. The lowest BCUT2D eigenvalue weighted by Gasteiger charge is -2.29. The van der Waals surface area contributed by atoms with Gasteiger partial charge in [0.2, 0.25) is 0 Å². The highest BCUT2D eigenvalue weighted by Crippen LogP contribution is 2.42. The van der Waals surface area contributed by atoms with Gasteiger partial charge in [0.1, 0.15) is 6.04 Å². The van der Waals surface area contributed by atoms with E-state index in [1.54, 1.807) is 0 Å². The van der Waals surface area contributed by atoms with Gasteiger partial charge < -0.3 is 14.6 Å². The van der Waals surface area contributed by atoms with E-state index in [4.69, 9.17) is 17.0 Å². The molecule has 0 spiro atoms. The molecule has 1 saturated heterocycles. The van der Waals surface area contributed by atoms with Gasteiger partial charge in [-0.1, -0.05) is 30.3 Å². The molecule has 98 valence electrons. The van der Waals surface area contributed by atoms with Crippen LogP contribution in [-0.2, 0) is 17.4 Å². The Morgan fingerprint density at radius 3 is 2.58 bits per heavy atom. The van der Waals surface area contributed by atoms with Crippen LogP contribution in [0.1, 0.15) is 24.2 Å². The van der Waals surface area contributed by atoms with E-state index in [0.29, 0.717) is 5.17 Å². The fraction of sp³-hybridized carbons (Fsp3) is 0.267. The van der Waals surface area contributed by atoms with Crippen LogP contribution in [-0.4, -0.2) is 9.74 Å². The maximum atomic E-state index is 5.94. The largest absolute Gasteiger partial charge is 0.456 e. The third kappa shape index (κ3) is 1.92. The molecule has 3 nitrogen and oxygen atoms in total. The molecule has 2 aromatic rings. The Balaban J connectivity index is 2.08. The van der Waals surface area contributed by atoms with Gasteiger partial charge in [-0.05, 0) is 36.8 Å². The minimum atomic E-state index is -0.489. The van der Waals surface area contributed by atoms with Crippen LogP contribution >= 0.6 is 12.2 Å². The maximum absolute atomic E-state index is 5.94. The van der Waals surface area contributed by atoms with Gasteiger partial charge in [0.25, 0.3) is 5.17 Å². The zero-order valence-corrected chi connectivity index (χ0v) is 11.8. The summed E-state index contributed by atoms with van der Waals surface area (Å²) >= 11 is 5.22. The Morgan fingerprint density at radius 2 is 1.95 bits per heavy atom. The number of aryl methyl sites for hydroxylation is 1.